The second kappa shape index (κ2) is 5.75. The molecule has 0 unspecified atom stereocenters. The van der Waals surface area contributed by atoms with Gasteiger partial charge in [0.05, 0.1) is 0 Å². The number of rotatable bonds is 5. The average molecular weight is 271 g/mol. The smallest absolute Gasteiger partial charge is 0.276 e. The van der Waals surface area contributed by atoms with E-state index in [0.717, 1.165) is 17.9 Å². The third-order valence-corrected chi connectivity index (χ3v) is 3.51. The van der Waals surface area contributed by atoms with Crippen LogP contribution in [0.1, 0.15) is 5.56 Å². The molecular formula is C14H13N3OS. The number of benzene rings is 1. The molecule has 0 radical (unpaired) electrons. The highest BCUT2D eigenvalue weighted by molar-refractivity contribution is 7.99. The van der Waals surface area contributed by atoms with Gasteiger partial charge in [0.25, 0.3) is 11.1 Å². The molecule has 0 fully saturated rings. The van der Waals surface area contributed by atoms with Crippen LogP contribution in [0.2, 0.25) is 0 Å². The molecule has 0 aliphatic carbocycles. The van der Waals surface area contributed by atoms with Crippen molar-refractivity contribution < 1.29 is 4.42 Å². The fraction of sp³-hybridized carbons (Fsp3) is 0.143. The van der Waals surface area contributed by atoms with Gasteiger partial charge in [-0.25, -0.2) is 0 Å². The molecule has 19 heavy (non-hydrogen) atoms. The van der Waals surface area contributed by atoms with Crippen LogP contribution in [0.25, 0.3) is 11.6 Å². The molecular weight excluding hydrogens is 258 g/mol. The SMILES string of the molecule is c1ccc(CCSc2nnc(-c3ccc[nH]3)o2)cc1. The third kappa shape index (κ3) is 3.06. The van der Waals surface area contributed by atoms with Gasteiger partial charge in [-0.2, -0.15) is 0 Å². The summed E-state index contributed by atoms with van der Waals surface area (Å²) in [5.74, 6) is 1.46. The molecule has 1 aromatic carbocycles. The van der Waals surface area contributed by atoms with Crippen LogP contribution in [0.15, 0.2) is 58.3 Å². The molecule has 96 valence electrons. The molecule has 3 aromatic rings. The first-order valence-electron chi connectivity index (χ1n) is 6.06. The summed E-state index contributed by atoms with van der Waals surface area (Å²) >= 11 is 1.58. The fourth-order valence-electron chi connectivity index (χ4n) is 1.74. The van der Waals surface area contributed by atoms with E-state index in [1.54, 1.807) is 11.8 Å². The van der Waals surface area contributed by atoms with Crippen molar-refractivity contribution >= 4 is 11.8 Å². The molecule has 4 nitrogen and oxygen atoms in total. The van der Waals surface area contributed by atoms with E-state index >= 15 is 0 Å². The molecule has 2 aromatic heterocycles. The van der Waals surface area contributed by atoms with Gasteiger partial charge in [-0.3, -0.25) is 0 Å². The first-order valence-corrected chi connectivity index (χ1v) is 7.04. The molecule has 5 heteroatoms. The second-order valence-electron chi connectivity index (χ2n) is 4.04. The Labute approximate surface area is 115 Å². The normalized spacial score (nSPS) is 10.7. The highest BCUT2D eigenvalue weighted by Gasteiger charge is 2.09. The summed E-state index contributed by atoms with van der Waals surface area (Å²) < 4.78 is 5.58. The van der Waals surface area contributed by atoms with Crippen LogP contribution in [0.3, 0.4) is 0 Å². The van der Waals surface area contributed by atoms with Crippen LogP contribution in [0.5, 0.6) is 0 Å². The van der Waals surface area contributed by atoms with Crippen molar-refractivity contribution in [1.82, 2.24) is 15.2 Å². The molecule has 0 aliphatic rings. The molecule has 0 aliphatic heterocycles. The minimum Gasteiger partial charge on any atom is -0.410 e. The van der Waals surface area contributed by atoms with Crippen molar-refractivity contribution in [1.29, 1.82) is 0 Å². The van der Waals surface area contributed by atoms with Gasteiger partial charge in [0.15, 0.2) is 0 Å². The molecule has 0 amide bonds. The van der Waals surface area contributed by atoms with Gasteiger partial charge in [0.2, 0.25) is 0 Å². The van der Waals surface area contributed by atoms with Crippen LogP contribution in [0, 0.1) is 0 Å². The maximum Gasteiger partial charge on any atom is 0.276 e. The Kier molecular flexibility index (Phi) is 3.65. The van der Waals surface area contributed by atoms with Crippen molar-refractivity contribution in [3.63, 3.8) is 0 Å². The maximum absolute atomic E-state index is 5.58. The van der Waals surface area contributed by atoms with Crippen molar-refractivity contribution in [2.45, 2.75) is 11.6 Å². The molecule has 0 bridgehead atoms. The summed E-state index contributed by atoms with van der Waals surface area (Å²) in [6.07, 6.45) is 2.83. The maximum atomic E-state index is 5.58. The summed E-state index contributed by atoms with van der Waals surface area (Å²) in [4.78, 5) is 3.04. The second-order valence-corrected chi connectivity index (χ2v) is 5.09. The van der Waals surface area contributed by atoms with E-state index < -0.39 is 0 Å². The molecule has 0 atom stereocenters. The van der Waals surface area contributed by atoms with E-state index in [4.69, 9.17) is 4.42 Å². The quantitative estimate of drug-likeness (QED) is 0.723. The average Bonchev–Trinajstić information content (AvgIpc) is 3.10. The van der Waals surface area contributed by atoms with Gasteiger partial charge in [-0.1, -0.05) is 42.1 Å². The number of hydrogen-bond acceptors (Lipinski definition) is 4. The van der Waals surface area contributed by atoms with Crippen LogP contribution < -0.4 is 0 Å². The van der Waals surface area contributed by atoms with E-state index in [0.29, 0.717) is 11.1 Å². The Bertz CT molecular complexity index is 619. The van der Waals surface area contributed by atoms with Gasteiger partial charge in [0, 0.05) is 11.9 Å². The molecule has 0 saturated carbocycles. The molecule has 2 heterocycles. The molecule has 0 saturated heterocycles. The van der Waals surface area contributed by atoms with Gasteiger partial charge < -0.3 is 9.40 Å². The van der Waals surface area contributed by atoms with E-state index in [9.17, 15) is 0 Å². The van der Waals surface area contributed by atoms with Gasteiger partial charge in [0.1, 0.15) is 5.69 Å². The zero-order chi connectivity index (χ0) is 12.9. The lowest BCUT2D eigenvalue weighted by molar-refractivity contribution is 0.465. The lowest BCUT2D eigenvalue weighted by Crippen LogP contribution is -1.87. The van der Waals surface area contributed by atoms with Crippen LogP contribution in [-0.2, 0) is 6.42 Å². The zero-order valence-corrected chi connectivity index (χ0v) is 11.1. The Morgan fingerprint density at radius 3 is 2.74 bits per heavy atom. The van der Waals surface area contributed by atoms with Crippen LogP contribution in [0.4, 0.5) is 0 Å². The predicted molar refractivity (Wildman–Crippen MR) is 75.0 cm³/mol. The molecule has 1 N–H and O–H groups in total. The highest BCUT2D eigenvalue weighted by Crippen LogP contribution is 2.22. The lowest BCUT2D eigenvalue weighted by atomic mass is 10.2. The van der Waals surface area contributed by atoms with Crippen molar-refractivity contribution in [2.75, 3.05) is 5.75 Å². The fourth-order valence-corrected chi connectivity index (χ4v) is 2.49. The zero-order valence-electron chi connectivity index (χ0n) is 10.2. The van der Waals surface area contributed by atoms with E-state index in [1.807, 2.05) is 24.4 Å². The summed E-state index contributed by atoms with van der Waals surface area (Å²) in [6, 6.07) is 14.2. The summed E-state index contributed by atoms with van der Waals surface area (Å²) in [5, 5.41) is 8.66. The van der Waals surface area contributed by atoms with Gasteiger partial charge in [-0.05, 0) is 24.1 Å². The minimum absolute atomic E-state index is 0.534. The number of H-pyrrole nitrogens is 1. The lowest BCUT2D eigenvalue weighted by Gasteiger charge is -1.97. The number of nitrogens with zero attached hydrogens (tertiary/aromatic N) is 2. The number of hydrogen-bond donors (Lipinski definition) is 1. The number of thioether (sulfide) groups is 1. The predicted octanol–water partition coefficient (Wildman–Crippen LogP) is 3.40. The van der Waals surface area contributed by atoms with Crippen molar-refractivity contribution in [3.8, 4) is 11.6 Å². The number of aromatic nitrogens is 3. The van der Waals surface area contributed by atoms with Crippen LogP contribution >= 0.6 is 11.8 Å². The Morgan fingerprint density at radius 2 is 1.95 bits per heavy atom. The van der Waals surface area contributed by atoms with Crippen LogP contribution in [-0.4, -0.2) is 20.9 Å². The van der Waals surface area contributed by atoms with Gasteiger partial charge in [-0.15, -0.1) is 10.2 Å². The molecule has 0 spiro atoms. The monoisotopic (exact) mass is 271 g/mol. The standard InChI is InChI=1S/C14H13N3OS/c1-2-5-11(6-3-1)8-10-19-14-17-16-13(18-14)12-7-4-9-15-12/h1-7,9,15H,8,10H2. The third-order valence-electron chi connectivity index (χ3n) is 2.69. The summed E-state index contributed by atoms with van der Waals surface area (Å²) in [6.45, 7) is 0. The number of nitrogens with one attached hydrogen (secondary N) is 1. The number of aromatic amines is 1. The first-order chi connectivity index (χ1) is 9.42. The Morgan fingerprint density at radius 1 is 1.05 bits per heavy atom. The largest absolute Gasteiger partial charge is 0.410 e. The summed E-state index contributed by atoms with van der Waals surface area (Å²) in [7, 11) is 0. The molecule has 3 rings (SSSR count). The van der Waals surface area contributed by atoms with Crippen molar-refractivity contribution in [3.05, 3.63) is 54.2 Å². The first kappa shape index (κ1) is 12.0. The summed E-state index contributed by atoms with van der Waals surface area (Å²) in [5.41, 5.74) is 2.17. The topological polar surface area (TPSA) is 54.7 Å². The van der Waals surface area contributed by atoms with Gasteiger partial charge >= 0.3 is 0 Å². The van der Waals surface area contributed by atoms with E-state index in [-0.39, 0.29) is 0 Å². The number of aryl methyl sites for hydroxylation is 1. The Balaban J connectivity index is 1.56. The minimum atomic E-state index is 0.534. The van der Waals surface area contributed by atoms with Crippen molar-refractivity contribution in [2.24, 2.45) is 0 Å². The van der Waals surface area contributed by atoms with E-state index in [2.05, 4.69) is 39.4 Å². The van der Waals surface area contributed by atoms with E-state index in [1.165, 1.54) is 5.56 Å². The highest BCUT2D eigenvalue weighted by atomic mass is 32.2. The Hall–Kier alpha value is -2.01.